The summed E-state index contributed by atoms with van der Waals surface area (Å²) in [7, 11) is 5.42. The number of methoxy groups -OCH3 is 1. The highest BCUT2D eigenvalue weighted by molar-refractivity contribution is 5.91. The fourth-order valence-corrected chi connectivity index (χ4v) is 4.19. The van der Waals surface area contributed by atoms with E-state index in [1.165, 1.54) is 5.56 Å². The minimum Gasteiger partial charge on any atom is -0.497 e. The van der Waals surface area contributed by atoms with E-state index in [2.05, 4.69) is 28.9 Å². The second-order valence-corrected chi connectivity index (χ2v) is 8.22. The van der Waals surface area contributed by atoms with Crippen molar-refractivity contribution >= 4 is 22.6 Å². The summed E-state index contributed by atoms with van der Waals surface area (Å²) in [6.07, 6.45) is 5.51. The van der Waals surface area contributed by atoms with Gasteiger partial charge in [-0.15, -0.1) is 0 Å². The Balaban J connectivity index is 1.40. The maximum atomic E-state index is 12.6. The first kappa shape index (κ1) is 20.2. The van der Waals surface area contributed by atoms with Gasteiger partial charge in [0.1, 0.15) is 17.3 Å². The first-order chi connectivity index (χ1) is 14.4. The molecule has 4 rings (SSSR count). The highest BCUT2D eigenvalue weighted by Gasteiger charge is 2.24. The quantitative estimate of drug-likeness (QED) is 0.650. The largest absolute Gasteiger partial charge is 0.497 e. The molecule has 3 heterocycles. The van der Waals surface area contributed by atoms with Gasteiger partial charge in [0.15, 0.2) is 0 Å². The Morgan fingerprint density at radius 2 is 2.03 bits per heavy atom. The molecule has 7 heteroatoms. The Labute approximate surface area is 177 Å². The average molecular weight is 408 g/mol. The topological polar surface area (TPSA) is 63.5 Å². The molecule has 0 aliphatic carbocycles. The van der Waals surface area contributed by atoms with Crippen LogP contribution in [0.25, 0.3) is 10.9 Å². The molecule has 0 unspecified atom stereocenters. The van der Waals surface area contributed by atoms with Gasteiger partial charge in [0.05, 0.1) is 19.0 Å². The fourth-order valence-electron chi connectivity index (χ4n) is 4.19. The smallest absolute Gasteiger partial charge is 0.273 e. The summed E-state index contributed by atoms with van der Waals surface area (Å²) in [5.41, 5.74) is 2.69. The molecule has 1 aliphatic heterocycles. The monoisotopic (exact) mass is 407 g/mol. The Bertz CT molecular complexity index is 1050. The molecule has 0 saturated carbocycles. The Morgan fingerprint density at radius 1 is 1.27 bits per heavy atom. The first-order valence-electron chi connectivity index (χ1n) is 10.4. The van der Waals surface area contributed by atoms with E-state index >= 15 is 0 Å². The van der Waals surface area contributed by atoms with E-state index in [1.807, 2.05) is 26.2 Å². The number of aryl methyl sites for hydroxylation is 2. The molecular formula is C23H29N5O2. The maximum Gasteiger partial charge on any atom is 0.273 e. The number of hydrogen-bond acceptors (Lipinski definition) is 5. The zero-order valence-electron chi connectivity index (χ0n) is 18.1. The fraction of sp³-hybridized carbons (Fsp3) is 0.435. The predicted octanol–water partition coefficient (Wildman–Crippen LogP) is 3.27. The van der Waals surface area contributed by atoms with Gasteiger partial charge in [0, 0.05) is 51.4 Å². The van der Waals surface area contributed by atoms with Gasteiger partial charge >= 0.3 is 0 Å². The lowest BCUT2D eigenvalue weighted by Gasteiger charge is -2.34. The highest BCUT2D eigenvalue weighted by Crippen LogP contribution is 2.28. The van der Waals surface area contributed by atoms with E-state index in [0.717, 1.165) is 54.9 Å². The van der Waals surface area contributed by atoms with Crippen molar-refractivity contribution in [1.29, 1.82) is 0 Å². The second-order valence-electron chi connectivity index (χ2n) is 8.22. The van der Waals surface area contributed by atoms with Gasteiger partial charge in [-0.1, -0.05) is 0 Å². The second kappa shape index (κ2) is 8.34. The lowest BCUT2D eigenvalue weighted by molar-refractivity contribution is 0.0759. The van der Waals surface area contributed by atoms with Crippen LogP contribution < -0.4 is 9.64 Å². The van der Waals surface area contributed by atoms with Crippen molar-refractivity contribution in [2.45, 2.75) is 19.8 Å². The van der Waals surface area contributed by atoms with E-state index in [9.17, 15) is 4.79 Å². The van der Waals surface area contributed by atoms with Crippen LogP contribution in [-0.2, 0) is 7.05 Å². The molecular weight excluding hydrogens is 378 g/mol. The number of nitrogens with zero attached hydrogens (tertiary/aromatic N) is 5. The summed E-state index contributed by atoms with van der Waals surface area (Å²) in [5, 5.41) is 1.16. The SMILES string of the molecule is COc1ccc2c(C)cc(N3CCC(CN(C)C(=O)c4cn(C)cn4)CC3)nc2c1. The highest BCUT2D eigenvalue weighted by atomic mass is 16.5. The van der Waals surface area contributed by atoms with Gasteiger partial charge in [0.2, 0.25) is 0 Å². The van der Waals surface area contributed by atoms with Gasteiger partial charge < -0.3 is 19.1 Å². The van der Waals surface area contributed by atoms with E-state index in [0.29, 0.717) is 11.6 Å². The van der Waals surface area contributed by atoms with E-state index in [1.54, 1.807) is 29.1 Å². The number of pyridine rings is 1. The molecule has 0 radical (unpaired) electrons. The molecule has 1 aliphatic rings. The third-order valence-electron chi connectivity index (χ3n) is 5.95. The van der Waals surface area contributed by atoms with Crippen molar-refractivity contribution in [2.75, 3.05) is 38.7 Å². The standard InChI is InChI=1S/C23H29N5O2/c1-16-11-22(25-20-12-18(30-4)5-6-19(16)20)28-9-7-17(8-10-28)13-27(3)23(29)21-14-26(2)15-24-21/h5-6,11-12,14-15,17H,7-10,13H2,1-4H3. The van der Waals surface area contributed by atoms with Crippen molar-refractivity contribution in [2.24, 2.45) is 13.0 Å². The third-order valence-corrected chi connectivity index (χ3v) is 5.95. The molecule has 7 nitrogen and oxygen atoms in total. The van der Waals surface area contributed by atoms with Crippen LogP contribution in [0.2, 0.25) is 0 Å². The number of benzene rings is 1. The van der Waals surface area contributed by atoms with Crippen LogP contribution in [0.1, 0.15) is 28.9 Å². The van der Waals surface area contributed by atoms with Crippen molar-refractivity contribution in [1.82, 2.24) is 19.4 Å². The molecule has 158 valence electrons. The molecule has 1 saturated heterocycles. The predicted molar refractivity (Wildman–Crippen MR) is 118 cm³/mol. The number of ether oxygens (including phenoxy) is 1. The summed E-state index contributed by atoms with van der Waals surface area (Å²) in [6, 6.07) is 8.22. The summed E-state index contributed by atoms with van der Waals surface area (Å²) < 4.78 is 7.16. The summed E-state index contributed by atoms with van der Waals surface area (Å²) >= 11 is 0. The van der Waals surface area contributed by atoms with Crippen LogP contribution in [0.3, 0.4) is 0 Å². The van der Waals surface area contributed by atoms with Crippen molar-refractivity contribution in [3.8, 4) is 5.75 Å². The normalized spacial score (nSPS) is 14.9. The van der Waals surface area contributed by atoms with Gasteiger partial charge in [-0.2, -0.15) is 0 Å². The van der Waals surface area contributed by atoms with Crippen LogP contribution in [0, 0.1) is 12.8 Å². The molecule has 30 heavy (non-hydrogen) atoms. The van der Waals surface area contributed by atoms with Crippen molar-refractivity contribution in [3.05, 3.63) is 48.0 Å². The molecule has 0 atom stereocenters. The van der Waals surface area contributed by atoms with E-state index in [-0.39, 0.29) is 5.91 Å². The average Bonchev–Trinajstić information content (AvgIpc) is 3.19. The minimum absolute atomic E-state index is 0.0150. The van der Waals surface area contributed by atoms with Crippen LogP contribution >= 0.6 is 0 Å². The number of fused-ring (bicyclic) bond motifs is 1. The molecule has 0 N–H and O–H groups in total. The van der Waals surface area contributed by atoms with Gasteiger partial charge in [0.25, 0.3) is 5.91 Å². The Morgan fingerprint density at radius 3 is 2.70 bits per heavy atom. The number of anilines is 1. The Hall–Kier alpha value is -3.09. The third kappa shape index (κ3) is 4.10. The van der Waals surface area contributed by atoms with Gasteiger partial charge in [-0.25, -0.2) is 9.97 Å². The maximum absolute atomic E-state index is 12.6. The lowest BCUT2D eigenvalue weighted by Crippen LogP contribution is -2.39. The number of carbonyl (C=O) groups is 1. The molecule has 2 aromatic heterocycles. The van der Waals surface area contributed by atoms with Crippen LogP contribution in [0.15, 0.2) is 36.8 Å². The molecule has 1 fully saturated rings. The van der Waals surface area contributed by atoms with Gasteiger partial charge in [-0.05, 0) is 49.4 Å². The minimum atomic E-state index is -0.0150. The molecule has 0 spiro atoms. The van der Waals surface area contributed by atoms with Crippen molar-refractivity contribution < 1.29 is 9.53 Å². The summed E-state index contributed by atoms with van der Waals surface area (Å²) in [4.78, 5) is 25.8. The molecule has 3 aromatic rings. The number of imidazole rings is 1. The van der Waals surface area contributed by atoms with Crippen LogP contribution in [0.4, 0.5) is 5.82 Å². The summed E-state index contributed by atoms with van der Waals surface area (Å²) in [6.45, 7) is 4.77. The number of piperidine rings is 1. The number of amides is 1. The molecule has 1 amide bonds. The molecule has 1 aromatic carbocycles. The number of hydrogen-bond donors (Lipinski definition) is 0. The Kier molecular flexibility index (Phi) is 5.61. The van der Waals surface area contributed by atoms with E-state index in [4.69, 9.17) is 9.72 Å². The zero-order valence-corrected chi connectivity index (χ0v) is 18.1. The number of rotatable bonds is 5. The number of carbonyl (C=O) groups excluding carboxylic acids is 1. The van der Waals surface area contributed by atoms with Crippen molar-refractivity contribution in [3.63, 3.8) is 0 Å². The lowest BCUT2D eigenvalue weighted by atomic mass is 9.96. The zero-order chi connectivity index (χ0) is 21.3. The van der Waals surface area contributed by atoms with Crippen LogP contribution in [-0.4, -0.2) is 59.1 Å². The number of aromatic nitrogens is 3. The van der Waals surface area contributed by atoms with E-state index < -0.39 is 0 Å². The van der Waals surface area contributed by atoms with Crippen LogP contribution in [0.5, 0.6) is 5.75 Å². The molecule has 0 bridgehead atoms. The first-order valence-corrected chi connectivity index (χ1v) is 10.4. The summed E-state index contributed by atoms with van der Waals surface area (Å²) in [5.74, 6) is 2.31. The van der Waals surface area contributed by atoms with Gasteiger partial charge in [-0.3, -0.25) is 4.79 Å².